The number of rotatable bonds is 0. The van der Waals surface area contributed by atoms with Gasteiger partial charge in [0.05, 0.1) is 0 Å². The molecule has 0 atom stereocenters. The van der Waals surface area contributed by atoms with Crippen LogP contribution in [0, 0.1) is 0 Å². The van der Waals surface area contributed by atoms with Gasteiger partial charge in [0.25, 0.3) is 0 Å². The molecule has 0 aliphatic heterocycles. The third-order valence-corrected chi connectivity index (χ3v) is 0. The monoisotopic (exact) mass is 243 g/mol. The Morgan fingerprint density at radius 2 is 1.14 bits per heavy atom. The van der Waals surface area contributed by atoms with Gasteiger partial charge in [-0.05, 0) is 0 Å². The summed E-state index contributed by atoms with van der Waals surface area (Å²) < 4.78 is 31.6. The van der Waals surface area contributed by atoms with Gasteiger partial charge in [-0.25, -0.2) is 0 Å². The Morgan fingerprint density at radius 1 is 1.14 bits per heavy atom. The van der Waals surface area contributed by atoms with Gasteiger partial charge in [-0.15, -0.1) is 0 Å². The fraction of sp³-hybridized carbons (Fsp3) is 0. The molecule has 7 heavy (non-hydrogen) atoms. The van der Waals surface area contributed by atoms with E-state index in [4.69, 9.17) is 17.5 Å². The van der Waals surface area contributed by atoms with Crippen molar-refractivity contribution in [1.82, 2.24) is 0 Å². The van der Waals surface area contributed by atoms with Gasteiger partial charge in [-0.3, -0.25) is 9.11 Å². The average Bonchev–Trinajstić information content (AvgIpc) is 0.722. The van der Waals surface area contributed by atoms with Crippen LogP contribution in [0.25, 0.3) is 0 Å². The molecule has 0 saturated heterocycles. The predicted molar refractivity (Wildman–Crippen MR) is 22.7 cm³/mol. The molecule has 0 aliphatic rings. The van der Waals surface area contributed by atoms with E-state index >= 15 is 0 Å². The minimum atomic E-state index is -4.67. The summed E-state index contributed by atoms with van der Waals surface area (Å²) in [6, 6.07) is 0. The Balaban J connectivity index is -0.0000000800. The summed E-state index contributed by atoms with van der Waals surface area (Å²) in [4.78, 5) is 0. The molecule has 4 nitrogen and oxygen atoms in total. The Labute approximate surface area is 62.2 Å². The Bertz CT molecular complexity index is 94.9. The second-order valence-electron chi connectivity index (χ2n) is 0.448. The number of hydrogen-bond acceptors (Lipinski definition) is 2. The fourth-order valence-corrected chi connectivity index (χ4v) is 0. The maximum atomic E-state index is 8.74. The molecule has 0 amide bonds. The Kier molecular flexibility index (Phi) is 11.3. The van der Waals surface area contributed by atoms with Gasteiger partial charge in [0.1, 0.15) is 0 Å². The molecule has 0 spiro atoms. The molecule has 0 heterocycles. The van der Waals surface area contributed by atoms with E-state index in [1.807, 2.05) is 0 Å². The first-order chi connectivity index (χ1) is 2.00. The minimum absolute atomic E-state index is 0. The van der Waals surface area contributed by atoms with Crippen LogP contribution in [0.4, 0.5) is 0 Å². The van der Waals surface area contributed by atoms with E-state index in [0.717, 1.165) is 0 Å². The molecular formula is H4CuO4SSe. The normalized spacial score (nSPS) is 8.29. The van der Waals surface area contributed by atoms with Crippen LogP contribution in [0.15, 0.2) is 0 Å². The van der Waals surface area contributed by atoms with E-state index in [9.17, 15) is 0 Å². The molecule has 0 aromatic carbocycles. The van der Waals surface area contributed by atoms with E-state index < -0.39 is 10.4 Å². The zero-order chi connectivity index (χ0) is 4.50. The summed E-state index contributed by atoms with van der Waals surface area (Å²) in [5, 5.41) is 0. The first-order valence-electron chi connectivity index (χ1n) is 0.698. The third-order valence-electron chi connectivity index (χ3n) is 0. The van der Waals surface area contributed by atoms with Gasteiger partial charge < -0.3 is 0 Å². The molecule has 7 heteroatoms. The summed E-state index contributed by atoms with van der Waals surface area (Å²) >= 11 is 0. The predicted octanol–water partition coefficient (Wildman–Crippen LogP) is -1.57. The molecule has 0 aromatic heterocycles. The van der Waals surface area contributed by atoms with Crippen molar-refractivity contribution in [2.75, 3.05) is 0 Å². The van der Waals surface area contributed by atoms with Crippen LogP contribution < -0.4 is 0 Å². The van der Waals surface area contributed by atoms with Crippen LogP contribution in [0.5, 0.6) is 0 Å². The van der Waals surface area contributed by atoms with Crippen LogP contribution in [-0.4, -0.2) is 34.6 Å². The second kappa shape index (κ2) is 5.05. The zero-order valence-corrected chi connectivity index (χ0v) is 6.78. The number of hydrogen-bond donors (Lipinski definition) is 2. The van der Waals surface area contributed by atoms with Crippen molar-refractivity contribution in [2.24, 2.45) is 0 Å². The van der Waals surface area contributed by atoms with Crippen molar-refractivity contribution < 1.29 is 34.6 Å². The van der Waals surface area contributed by atoms with Crippen LogP contribution in [0.1, 0.15) is 0 Å². The Morgan fingerprint density at radius 3 is 1.14 bits per heavy atom. The quantitative estimate of drug-likeness (QED) is 0.398. The average molecular weight is 243 g/mol. The van der Waals surface area contributed by atoms with Gasteiger partial charge in [0.2, 0.25) is 0 Å². The Hall–Kier alpha value is 0.909. The van der Waals surface area contributed by atoms with Gasteiger partial charge in [-0.1, -0.05) is 0 Å². The van der Waals surface area contributed by atoms with Crippen molar-refractivity contribution in [3.8, 4) is 0 Å². The van der Waals surface area contributed by atoms with Crippen LogP contribution in [0.3, 0.4) is 0 Å². The standard InChI is InChI=1S/Cu.H2O4S.H2Se/c;1-5(2,3)4;/h;(H2,1,2,3,4);1H2. The van der Waals surface area contributed by atoms with Crippen molar-refractivity contribution in [2.45, 2.75) is 0 Å². The summed E-state index contributed by atoms with van der Waals surface area (Å²) in [7, 11) is -4.67. The molecule has 0 rings (SSSR count). The molecule has 0 aliphatic carbocycles. The van der Waals surface area contributed by atoms with E-state index in [1.54, 1.807) is 0 Å². The third kappa shape index (κ3) is 202. The summed E-state index contributed by atoms with van der Waals surface area (Å²) in [6.07, 6.45) is 0. The molecule has 0 fully saturated rings. The first kappa shape index (κ1) is 15.7. The van der Waals surface area contributed by atoms with Gasteiger partial charge in [0.15, 0.2) is 0 Å². The fourth-order valence-electron chi connectivity index (χ4n) is 0. The zero-order valence-electron chi connectivity index (χ0n) is 2.92. The van der Waals surface area contributed by atoms with Crippen molar-refractivity contribution in [3.05, 3.63) is 0 Å². The molecule has 0 unspecified atom stereocenters. The molecular weight excluding hydrogens is 239 g/mol. The van der Waals surface area contributed by atoms with E-state index in [1.165, 1.54) is 0 Å². The summed E-state index contributed by atoms with van der Waals surface area (Å²) in [5.41, 5.74) is 0. The molecule has 51 valence electrons. The van der Waals surface area contributed by atoms with E-state index in [2.05, 4.69) is 0 Å². The van der Waals surface area contributed by atoms with Crippen LogP contribution in [0.2, 0.25) is 0 Å². The van der Waals surface area contributed by atoms with E-state index in [-0.39, 0.29) is 34.1 Å². The molecule has 0 saturated carbocycles. The van der Waals surface area contributed by atoms with Gasteiger partial charge in [-0.2, -0.15) is 8.42 Å². The SMILES string of the molecule is O=S(=O)(O)O.[Cu].[SeH2]. The van der Waals surface area contributed by atoms with Gasteiger partial charge >= 0.3 is 27.5 Å². The van der Waals surface area contributed by atoms with Crippen LogP contribution in [-0.2, 0) is 27.5 Å². The summed E-state index contributed by atoms with van der Waals surface area (Å²) in [6.45, 7) is 0. The van der Waals surface area contributed by atoms with E-state index in [0.29, 0.717) is 0 Å². The van der Waals surface area contributed by atoms with Crippen molar-refractivity contribution >= 4 is 27.5 Å². The second-order valence-corrected chi connectivity index (χ2v) is 1.34. The van der Waals surface area contributed by atoms with Crippen LogP contribution >= 0.6 is 0 Å². The molecule has 0 bridgehead atoms. The first-order valence-corrected chi connectivity index (χ1v) is 2.10. The van der Waals surface area contributed by atoms with Crippen molar-refractivity contribution in [3.63, 3.8) is 0 Å². The molecule has 1 radical (unpaired) electrons. The molecule has 0 aromatic rings. The van der Waals surface area contributed by atoms with Gasteiger partial charge in [0, 0.05) is 17.1 Å². The molecule has 2 N–H and O–H groups in total. The topological polar surface area (TPSA) is 74.6 Å². The maximum absolute atomic E-state index is 8.74. The van der Waals surface area contributed by atoms with Crippen molar-refractivity contribution in [1.29, 1.82) is 0 Å². The summed E-state index contributed by atoms with van der Waals surface area (Å²) in [5.74, 6) is 0.